The fourth-order valence-electron chi connectivity index (χ4n) is 3.93. The number of aryl methyl sites for hydroxylation is 2. The number of nitrogens with zero attached hydrogens (tertiary/aromatic N) is 1. The number of fused-ring (bicyclic) bond motifs is 2. The number of carbonyl (C=O) groups excluding carboxylic acids is 1. The van der Waals surface area contributed by atoms with Crippen LogP contribution in [0.2, 0.25) is 5.02 Å². The van der Waals surface area contributed by atoms with E-state index in [-0.39, 0.29) is 5.91 Å². The van der Waals surface area contributed by atoms with Crippen molar-refractivity contribution in [1.29, 1.82) is 0 Å². The van der Waals surface area contributed by atoms with Gasteiger partial charge in [0.2, 0.25) is 5.89 Å². The van der Waals surface area contributed by atoms with Gasteiger partial charge >= 0.3 is 0 Å². The molecule has 0 aliphatic carbocycles. The van der Waals surface area contributed by atoms with Crippen molar-refractivity contribution in [2.24, 2.45) is 0 Å². The molecule has 0 saturated carbocycles. The van der Waals surface area contributed by atoms with Crippen LogP contribution in [0.3, 0.4) is 0 Å². The van der Waals surface area contributed by atoms with Crippen LogP contribution in [0.1, 0.15) is 21.5 Å². The lowest BCUT2D eigenvalue weighted by atomic mass is 10.0. The molecule has 0 spiro atoms. The molecule has 0 atom stereocenters. The number of hydrogen-bond donors (Lipinski definition) is 1. The van der Waals surface area contributed by atoms with Gasteiger partial charge in [-0.15, -0.1) is 0 Å². The van der Waals surface area contributed by atoms with E-state index >= 15 is 0 Å². The summed E-state index contributed by atoms with van der Waals surface area (Å²) in [5.41, 5.74) is 5.47. The first kappa shape index (κ1) is 20.7. The van der Waals surface area contributed by atoms with Gasteiger partial charge in [0, 0.05) is 15.7 Å². The van der Waals surface area contributed by atoms with Crippen molar-refractivity contribution in [3.63, 3.8) is 0 Å². The second kappa shape index (κ2) is 8.08. The SMILES string of the molecule is Cc1cc(C)c2oc(-c3cc(NC(=O)c4cccc5c(Br)cccc45)ccc3Cl)nc2c1. The van der Waals surface area contributed by atoms with Crippen molar-refractivity contribution in [2.75, 3.05) is 5.32 Å². The third-order valence-corrected chi connectivity index (χ3v) is 6.41. The maximum absolute atomic E-state index is 13.1. The summed E-state index contributed by atoms with van der Waals surface area (Å²) in [6.45, 7) is 4.01. The van der Waals surface area contributed by atoms with Crippen LogP contribution in [-0.4, -0.2) is 10.9 Å². The maximum atomic E-state index is 13.1. The summed E-state index contributed by atoms with van der Waals surface area (Å²) in [5.74, 6) is 0.217. The third-order valence-electron chi connectivity index (χ3n) is 5.39. The molecule has 6 heteroatoms. The Labute approximate surface area is 198 Å². The zero-order valence-corrected chi connectivity index (χ0v) is 19.7. The summed E-state index contributed by atoms with van der Waals surface area (Å²) in [7, 11) is 0. The molecule has 0 unspecified atom stereocenters. The molecule has 158 valence electrons. The lowest BCUT2D eigenvalue weighted by Gasteiger charge is -2.10. The van der Waals surface area contributed by atoms with Crippen LogP contribution in [0, 0.1) is 13.8 Å². The number of aromatic nitrogens is 1. The van der Waals surface area contributed by atoms with Gasteiger partial charge in [0.15, 0.2) is 5.58 Å². The Kier molecular flexibility index (Phi) is 5.24. The molecule has 0 fully saturated rings. The minimum atomic E-state index is -0.203. The van der Waals surface area contributed by atoms with Gasteiger partial charge < -0.3 is 9.73 Å². The smallest absolute Gasteiger partial charge is 0.256 e. The van der Waals surface area contributed by atoms with E-state index in [1.54, 1.807) is 18.2 Å². The van der Waals surface area contributed by atoms with E-state index in [0.717, 1.165) is 37.5 Å². The molecule has 0 aliphatic heterocycles. The van der Waals surface area contributed by atoms with Crippen LogP contribution >= 0.6 is 27.5 Å². The quantitative estimate of drug-likeness (QED) is 0.271. The first-order valence-electron chi connectivity index (χ1n) is 10.1. The molecule has 32 heavy (non-hydrogen) atoms. The molecule has 1 heterocycles. The first-order chi connectivity index (χ1) is 15.4. The van der Waals surface area contributed by atoms with Gasteiger partial charge in [0.05, 0.1) is 10.6 Å². The molecule has 0 aliphatic rings. The highest BCUT2D eigenvalue weighted by molar-refractivity contribution is 9.10. The number of halogens is 2. The zero-order chi connectivity index (χ0) is 22.4. The Morgan fingerprint density at radius 2 is 1.78 bits per heavy atom. The average Bonchev–Trinajstić information content (AvgIpc) is 3.19. The number of anilines is 1. The topological polar surface area (TPSA) is 55.1 Å². The van der Waals surface area contributed by atoms with Gasteiger partial charge in [0.25, 0.3) is 5.91 Å². The summed E-state index contributed by atoms with van der Waals surface area (Å²) >= 11 is 10.0. The maximum Gasteiger partial charge on any atom is 0.256 e. The molecule has 1 N–H and O–H groups in total. The van der Waals surface area contributed by atoms with E-state index in [1.807, 2.05) is 56.3 Å². The molecule has 5 aromatic rings. The summed E-state index contributed by atoms with van der Waals surface area (Å²) in [6, 6.07) is 20.8. The number of oxazole rings is 1. The predicted octanol–water partition coefficient (Wildman–Crippen LogP) is 7.93. The van der Waals surface area contributed by atoms with Crippen molar-refractivity contribution in [3.05, 3.63) is 92.9 Å². The Balaban J connectivity index is 1.52. The molecular weight excluding hydrogens is 488 g/mol. The molecular formula is C26H18BrClN2O2. The third kappa shape index (κ3) is 3.68. The normalized spacial score (nSPS) is 11.2. The summed E-state index contributed by atoms with van der Waals surface area (Å²) in [4.78, 5) is 17.7. The largest absolute Gasteiger partial charge is 0.436 e. The second-order valence-electron chi connectivity index (χ2n) is 7.74. The van der Waals surface area contributed by atoms with Crippen molar-refractivity contribution in [2.45, 2.75) is 13.8 Å². The van der Waals surface area contributed by atoms with Gasteiger partial charge in [-0.1, -0.05) is 57.9 Å². The van der Waals surface area contributed by atoms with Crippen LogP contribution in [0.15, 0.2) is 75.6 Å². The van der Waals surface area contributed by atoms with Crippen LogP contribution in [0.25, 0.3) is 33.3 Å². The molecule has 0 bridgehead atoms. The Bertz CT molecular complexity index is 1520. The van der Waals surface area contributed by atoms with Crippen LogP contribution in [0.5, 0.6) is 0 Å². The van der Waals surface area contributed by atoms with Crippen molar-refractivity contribution in [1.82, 2.24) is 4.98 Å². The fourth-order valence-corrected chi connectivity index (χ4v) is 4.62. The van der Waals surface area contributed by atoms with E-state index in [2.05, 4.69) is 32.3 Å². The highest BCUT2D eigenvalue weighted by atomic mass is 79.9. The lowest BCUT2D eigenvalue weighted by Crippen LogP contribution is -2.12. The minimum Gasteiger partial charge on any atom is -0.436 e. The highest BCUT2D eigenvalue weighted by Crippen LogP contribution is 2.34. The number of nitrogens with one attached hydrogen (secondary N) is 1. The Morgan fingerprint density at radius 1 is 1.00 bits per heavy atom. The lowest BCUT2D eigenvalue weighted by molar-refractivity contribution is 0.102. The van der Waals surface area contributed by atoms with E-state index in [9.17, 15) is 4.79 Å². The van der Waals surface area contributed by atoms with Gasteiger partial charge in [-0.25, -0.2) is 4.98 Å². The molecule has 1 amide bonds. The Hall–Kier alpha value is -3.15. The van der Waals surface area contributed by atoms with Gasteiger partial charge in [-0.2, -0.15) is 0 Å². The van der Waals surface area contributed by atoms with Crippen LogP contribution in [-0.2, 0) is 0 Å². The second-order valence-corrected chi connectivity index (χ2v) is 9.00. The Morgan fingerprint density at radius 3 is 2.62 bits per heavy atom. The number of carbonyl (C=O) groups is 1. The molecule has 0 radical (unpaired) electrons. The molecule has 1 aromatic heterocycles. The molecule has 4 nitrogen and oxygen atoms in total. The number of hydrogen-bond acceptors (Lipinski definition) is 3. The van der Waals surface area contributed by atoms with Gasteiger partial charge in [0.1, 0.15) is 5.52 Å². The first-order valence-corrected chi connectivity index (χ1v) is 11.2. The number of benzene rings is 4. The van der Waals surface area contributed by atoms with Crippen molar-refractivity contribution < 1.29 is 9.21 Å². The number of rotatable bonds is 3. The summed E-state index contributed by atoms with van der Waals surface area (Å²) < 4.78 is 6.97. The van der Waals surface area contributed by atoms with E-state index in [1.165, 1.54) is 0 Å². The van der Waals surface area contributed by atoms with Crippen LogP contribution in [0.4, 0.5) is 5.69 Å². The summed E-state index contributed by atoms with van der Waals surface area (Å²) in [6.07, 6.45) is 0. The minimum absolute atomic E-state index is 0.203. The van der Waals surface area contributed by atoms with E-state index < -0.39 is 0 Å². The molecule has 4 aromatic carbocycles. The highest BCUT2D eigenvalue weighted by Gasteiger charge is 2.16. The predicted molar refractivity (Wildman–Crippen MR) is 134 cm³/mol. The average molecular weight is 506 g/mol. The van der Waals surface area contributed by atoms with E-state index in [0.29, 0.717) is 27.7 Å². The zero-order valence-electron chi connectivity index (χ0n) is 17.4. The van der Waals surface area contributed by atoms with Crippen LogP contribution < -0.4 is 5.32 Å². The van der Waals surface area contributed by atoms with Gasteiger partial charge in [-0.3, -0.25) is 4.79 Å². The van der Waals surface area contributed by atoms with E-state index in [4.69, 9.17) is 16.0 Å². The van der Waals surface area contributed by atoms with Gasteiger partial charge in [-0.05, 0) is 72.1 Å². The number of amides is 1. The fraction of sp³-hybridized carbons (Fsp3) is 0.0769. The standard InChI is InChI=1S/C26H18BrClN2O2/c1-14-11-15(2)24-23(12-14)30-26(32-24)20-13-16(9-10-22(20)28)29-25(31)19-7-3-6-18-17(19)5-4-8-21(18)27/h3-13H,1-2H3,(H,29,31). The van der Waals surface area contributed by atoms with Crippen molar-refractivity contribution >= 4 is 61.0 Å². The monoisotopic (exact) mass is 504 g/mol. The summed E-state index contributed by atoms with van der Waals surface area (Å²) in [5, 5.41) is 5.33. The molecule has 5 rings (SSSR count). The van der Waals surface area contributed by atoms with Crippen molar-refractivity contribution in [3.8, 4) is 11.5 Å². The molecule has 0 saturated heterocycles.